The van der Waals surface area contributed by atoms with Crippen molar-refractivity contribution in [3.8, 4) is 0 Å². The van der Waals surface area contributed by atoms with Crippen LogP contribution in [-0.4, -0.2) is 4.98 Å². The van der Waals surface area contributed by atoms with Gasteiger partial charge in [-0.2, -0.15) is 0 Å². The molecule has 0 N–H and O–H groups in total. The molecule has 0 saturated heterocycles. The molecule has 0 radical (unpaired) electrons. The van der Waals surface area contributed by atoms with E-state index in [1.807, 2.05) is 0 Å². The van der Waals surface area contributed by atoms with Crippen molar-refractivity contribution in [2.24, 2.45) is 0 Å². The Kier molecular flexibility index (Phi) is 2.17. The number of nitrogens with zero attached hydrogens (tertiary/aromatic N) is 1. The van der Waals surface area contributed by atoms with E-state index in [0.717, 1.165) is 0 Å². The van der Waals surface area contributed by atoms with Gasteiger partial charge in [0.2, 0.25) is 0 Å². The molecule has 1 heterocycles. The van der Waals surface area contributed by atoms with Crippen LogP contribution < -0.4 is 0 Å². The number of hydrogen-bond donors (Lipinski definition) is 0. The molecule has 1 nitrogen and oxygen atoms in total. The number of rotatable bonds is 0. The standard InChI is InChI=1S/C5H2Cl3N/c6-3-1-5(8)9-2-4(3)7/h1-2H. The Morgan fingerprint density at radius 2 is 1.78 bits per heavy atom. The normalized spacial score (nSPS) is 9.67. The highest BCUT2D eigenvalue weighted by Gasteiger charge is 1.96. The van der Waals surface area contributed by atoms with E-state index in [1.54, 1.807) is 0 Å². The average Bonchev–Trinajstić information content (AvgIpc) is 1.80. The molecule has 4 heteroatoms. The Labute approximate surface area is 67.6 Å². The van der Waals surface area contributed by atoms with Crippen LogP contribution in [0.15, 0.2) is 12.3 Å². The summed E-state index contributed by atoms with van der Waals surface area (Å²) < 4.78 is 0. The summed E-state index contributed by atoms with van der Waals surface area (Å²) in [5.74, 6) is 0. The molecule has 0 aliphatic heterocycles. The topological polar surface area (TPSA) is 12.9 Å². The second-order valence-corrected chi connectivity index (χ2v) is 2.62. The maximum absolute atomic E-state index is 5.56. The molecule has 0 aliphatic carbocycles. The largest absolute Gasteiger partial charge is 0.243 e. The molecule has 0 atom stereocenters. The minimum Gasteiger partial charge on any atom is -0.243 e. The highest BCUT2D eigenvalue weighted by molar-refractivity contribution is 6.42. The van der Waals surface area contributed by atoms with Crippen LogP contribution in [0.2, 0.25) is 15.2 Å². The van der Waals surface area contributed by atoms with Crippen molar-refractivity contribution in [3.05, 3.63) is 27.5 Å². The van der Waals surface area contributed by atoms with E-state index in [0.29, 0.717) is 15.2 Å². The molecule has 1 rings (SSSR count). The number of pyridine rings is 1. The third-order valence-corrected chi connectivity index (χ3v) is 1.69. The molecule has 0 aromatic carbocycles. The SMILES string of the molecule is Clc1cc(Cl)c(Cl)cn1. The van der Waals surface area contributed by atoms with Crippen LogP contribution in [0.3, 0.4) is 0 Å². The van der Waals surface area contributed by atoms with Gasteiger partial charge < -0.3 is 0 Å². The number of hydrogen-bond acceptors (Lipinski definition) is 1. The predicted octanol–water partition coefficient (Wildman–Crippen LogP) is 3.04. The third-order valence-electron chi connectivity index (χ3n) is 0.775. The Morgan fingerprint density at radius 1 is 1.11 bits per heavy atom. The van der Waals surface area contributed by atoms with Crippen molar-refractivity contribution in [2.75, 3.05) is 0 Å². The van der Waals surface area contributed by atoms with Crippen molar-refractivity contribution >= 4 is 34.8 Å². The van der Waals surface area contributed by atoms with Crippen LogP contribution in [0.4, 0.5) is 0 Å². The van der Waals surface area contributed by atoms with Crippen LogP contribution in [0, 0.1) is 0 Å². The molecule has 0 fully saturated rings. The molecular weight excluding hydrogens is 180 g/mol. The van der Waals surface area contributed by atoms with Crippen LogP contribution in [0.25, 0.3) is 0 Å². The Morgan fingerprint density at radius 3 is 2.22 bits per heavy atom. The van der Waals surface area contributed by atoms with Crippen LogP contribution in [0.5, 0.6) is 0 Å². The Hall–Kier alpha value is 0.0200. The Balaban J connectivity index is 3.17. The van der Waals surface area contributed by atoms with Crippen LogP contribution >= 0.6 is 34.8 Å². The second-order valence-electron chi connectivity index (χ2n) is 1.42. The van der Waals surface area contributed by atoms with Crippen molar-refractivity contribution in [1.29, 1.82) is 0 Å². The van der Waals surface area contributed by atoms with Gasteiger partial charge in [-0.15, -0.1) is 0 Å². The molecule has 0 amide bonds. The molecule has 0 bridgehead atoms. The van der Waals surface area contributed by atoms with Crippen molar-refractivity contribution < 1.29 is 0 Å². The number of aromatic nitrogens is 1. The highest BCUT2D eigenvalue weighted by atomic mass is 35.5. The van der Waals surface area contributed by atoms with E-state index in [2.05, 4.69) is 4.98 Å². The molecule has 48 valence electrons. The lowest BCUT2D eigenvalue weighted by Crippen LogP contribution is -1.73. The van der Waals surface area contributed by atoms with Gasteiger partial charge in [-0.05, 0) is 6.07 Å². The van der Waals surface area contributed by atoms with E-state index in [9.17, 15) is 0 Å². The van der Waals surface area contributed by atoms with Crippen LogP contribution in [0.1, 0.15) is 0 Å². The predicted molar refractivity (Wildman–Crippen MR) is 39.3 cm³/mol. The third kappa shape index (κ3) is 1.71. The smallest absolute Gasteiger partial charge is 0.130 e. The van der Waals surface area contributed by atoms with E-state index in [4.69, 9.17) is 34.8 Å². The van der Waals surface area contributed by atoms with E-state index in [-0.39, 0.29) is 0 Å². The van der Waals surface area contributed by atoms with Crippen molar-refractivity contribution in [2.45, 2.75) is 0 Å². The first-order valence-electron chi connectivity index (χ1n) is 2.16. The fraction of sp³-hybridized carbons (Fsp3) is 0. The maximum Gasteiger partial charge on any atom is 0.130 e. The summed E-state index contributed by atoms with van der Waals surface area (Å²) in [7, 11) is 0. The summed E-state index contributed by atoms with van der Waals surface area (Å²) in [5.41, 5.74) is 0. The monoisotopic (exact) mass is 181 g/mol. The molecule has 0 saturated carbocycles. The second kappa shape index (κ2) is 2.74. The highest BCUT2D eigenvalue weighted by Crippen LogP contribution is 2.22. The molecular formula is C5H2Cl3N. The van der Waals surface area contributed by atoms with Gasteiger partial charge >= 0.3 is 0 Å². The Bertz CT molecular complexity index is 223. The average molecular weight is 182 g/mol. The fourth-order valence-electron chi connectivity index (χ4n) is 0.391. The van der Waals surface area contributed by atoms with E-state index < -0.39 is 0 Å². The van der Waals surface area contributed by atoms with Gasteiger partial charge in [0.05, 0.1) is 10.0 Å². The summed E-state index contributed by atoms with van der Waals surface area (Å²) in [5, 5.41) is 1.20. The van der Waals surface area contributed by atoms with Gasteiger partial charge in [0, 0.05) is 6.20 Å². The summed E-state index contributed by atoms with van der Waals surface area (Å²) in [6, 6.07) is 1.49. The first kappa shape index (κ1) is 7.13. The van der Waals surface area contributed by atoms with Crippen molar-refractivity contribution in [1.82, 2.24) is 4.98 Å². The first-order chi connectivity index (χ1) is 4.20. The van der Waals surface area contributed by atoms with E-state index in [1.165, 1.54) is 12.3 Å². The molecule has 0 spiro atoms. The first-order valence-corrected chi connectivity index (χ1v) is 3.30. The van der Waals surface area contributed by atoms with Gasteiger partial charge in [0.15, 0.2) is 0 Å². The molecule has 1 aromatic rings. The molecule has 0 aliphatic rings. The maximum atomic E-state index is 5.56. The summed E-state index contributed by atoms with van der Waals surface area (Å²) in [6.45, 7) is 0. The zero-order chi connectivity index (χ0) is 6.85. The molecule has 1 aromatic heterocycles. The lowest BCUT2D eigenvalue weighted by atomic mass is 10.5. The fourth-order valence-corrected chi connectivity index (χ4v) is 0.860. The summed E-state index contributed by atoms with van der Waals surface area (Å²) in [6.07, 6.45) is 1.41. The summed E-state index contributed by atoms with van der Waals surface area (Å²) >= 11 is 16.5. The van der Waals surface area contributed by atoms with Crippen molar-refractivity contribution in [3.63, 3.8) is 0 Å². The molecule has 9 heavy (non-hydrogen) atoms. The van der Waals surface area contributed by atoms with Gasteiger partial charge in [-0.25, -0.2) is 4.98 Å². The minimum atomic E-state index is 0.351. The molecule has 0 unspecified atom stereocenters. The zero-order valence-corrected chi connectivity index (χ0v) is 6.50. The van der Waals surface area contributed by atoms with Gasteiger partial charge in [0.25, 0.3) is 0 Å². The van der Waals surface area contributed by atoms with E-state index >= 15 is 0 Å². The van der Waals surface area contributed by atoms with Gasteiger partial charge in [-0.1, -0.05) is 34.8 Å². The zero-order valence-electron chi connectivity index (χ0n) is 4.24. The quantitative estimate of drug-likeness (QED) is 0.562. The minimum absolute atomic E-state index is 0.351. The van der Waals surface area contributed by atoms with Gasteiger partial charge in [-0.3, -0.25) is 0 Å². The number of halogens is 3. The lowest BCUT2D eigenvalue weighted by Gasteiger charge is -1.91. The summed E-state index contributed by atoms with van der Waals surface area (Å²) in [4.78, 5) is 3.69. The van der Waals surface area contributed by atoms with Crippen LogP contribution in [-0.2, 0) is 0 Å². The lowest BCUT2D eigenvalue weighted by molar-refractivity contribution is 1.33. The van der Waals surface area contributed by atoms with Gasteiger partial charge in [0.1, 0.15) is 5.15 Å².